The Bertz CT molecular complexity index is 797. The molecule has 1 fully saturated rings. The van der Waals surface area contributed by atoms with Crippen molar-refractivity contribution in [2.24, 2.45) is 11.7 Å². The molecule has 2 aromatic rings. The number of fused-ring (bicyclic) bond motifs is 1. The molecule has 0 radical (unpaired) electrons. The average Bonchev–Trinajstić information content (AvgIpc) is 3.12. The van der Waals surface area contributed by atoms with Crippen molar-refractivity contribution < 1.29 is 4.74 Å². The highest BCUT2D eigenvalue weighted by Gasteiger charge is 2.25. The van der Waals surface area contributed by atoms with Crippen LogP contribution < -0.4 is 10.5 Å². The molecule has 2 heteroatoms. The molecule has 3 unspecified atom stereocenters. The van der Waals surface area contributed by atoms with Crippen LogP contribution in [0.25, 0.3) is 0 Å². The van der Waals surface area contributed by atoms with Crippen LogP contribution in [0.3, 0.4) is 0 Å². The lowest BCUT2D eigenvalue weighted by Crippen LogP contribution is -2.16. The minimum atomic E-state index is 0.411. The summed E-state index contributed by atoms with van der Waals surface area (Å²) in [5.74, 6) is 2.52. The molecule has 0 spiro atoms. The summed E-state index contributed by atoms with van der Waals surface area (Å²) < 4.78 is 5.58. The number of nitrogens with two attached hydrogens (primary N) is 1. The van der Waals surface area contributed by atoms with Crippen LogP contribution in [0.1, 0.15) is 65.8 Å². The summed E-state index contributed by atoms with van der Waals surface area (Å²) in [5.41, 5.74) is 13.4. The van der Waals surface area contributed by atoms with E-state index in [1.54, 1.807) is 18.2 Å². The number of aryl methyl sites for hydroxylation is 3. The number of hydrogen-bond acceptors (Lipinski definition) is 2. The van der Waals surface area contributed by atoms with Crippen molar-refractivity contribution in [2.45, 2.75) is 70.3 Å². The Morgan fingerprint density at radius 1 is 1.04 bits per heavy atom. The molecular formula is C25H33NO. The maximum Gasteiger partial charge on any atom is 0.122 e. The van der Waals surface area contributed by atoms with Crippen molar-refractivity contribution in [1.82, 2.24) is 0 Å². The lowest BCUT2D eigenvalue weighted by molar-refractivity contribution is 0.398. The van der Waals surface area contributed by atoms with Crippen LogP contribution in [0.5, 0.6) is 5.75 Å². The summed E-state index contributed by atoms with van der Waals surface area (Å²) in [6.45, 7) is 2.12. The Labute approximate surface area is 164 Å². The summed E-state index contributed by atoms with van der Waals surface area (Å²) in [4.78, 5) is 0. The molecule has 144 valence electrons. The van der Waals surface area contributed by atoms with E-state index in [0.29, 0.717) is 12.0 Å². The van der Waals surface area contributed by atoms with Crippen molar-refractivity contribution in [3.8, 4) is 5.75 Å². The van der Waals surface area contributed by atoms with Crippen molar-refractivity contribution >= 4 is 0 Å². The first kappa shape index (κ1) is 18.6. The third-order valence-electron chi connectivity index (χ3n) is 6.77. The predicted molar refractivity (Wildman–Crippen MR) is 113 cm³/mol. The van der Waals surface area contributed by atoms with E-state index in [-0.39, 0.29) is 0 Å². The van der Waals surface area contributed by atoms with E-state index < -0.39 is 0 Å². The number of methoxy groups -OCH3 is 1. The van der Waals surface area contributed by atoms with E-state index in [1.165, 1.54) is 61.6 Å². The van der Waals surface area contributed by atoms with E-state index >= 15 is 0 Å². The zero-order valence-corrected chi connectivity index (χ0v) is 16.8. The van der Waals surface area contributed by atoms with Gasteiger partial charge < -0.3 is 10.5 Å². The van der Waals surface area contributed by atoms with Gasteiger partial charge in [-0.15, -0.1) is 0 Å². The first-order valence-electron chi connectivity index (χ1n) is 10.6. The molecule has 2 N–H and O–H groups in total. The van der Waals surface area contributed by atoms with Crippen molar-refractivity contribution in [1.29, 1.82) is 0 Å². The molecular weight excluding hydrogens is 330 g/mol. The van der Waals surface area contributed by atoms with E-state index in [0.717, 1.165) is 18.1 Å². The summed E-state index contributed by atoms with van der Waals surface area (Å²) >= 11 is 0. The van der Waals surface area contributed by atoms with E-state index in [4.69, 9.17) is 10.5 Å². The van der Waals surface area contributed by atoms with Gasteiger partial charge in [0.05, 0.1) is 7.11 Å². The van der Waals surface area contributed by atoms with Gasteiger partial charge in [0.15, 0.2) is 0 Å². The molecule has 4 rings (SSSR count). The number of rotatable bonds is 5. The third kappa shape index (κ3) is 4.21. The molecule has 2 nitrogen and oxygen atoms in total. The molecule has 1 saturated carbocycles. The van der Waals surface area contributed by atoms with E-state index in [2.05, 4.69) is 43.3 Å². The Morgan fingerprint density at radius 3 is 2.70 bits per heavy atom. The zero-order valence-electron chi connectivity index (χ0n) is 16.8. The van der Waals surface area contributed by atoms with Gasteiger partial charge in [0, 0.05) is 6.04 Å². The van der Waals surface area contributed by atoms with Crippen LogP contribution in [0, 0.1) is 12.8 Å². The molecule has 3 atom stereocenters. The number of hydrogen-bond donors (Lipinski definition) is 1. The molecule has 0 bridgehead atoms. The zero-order chi connectivity index (χ0) is 18.8. The minimum Gasteiger partial charge on any atom is -0.496 e. The lowest BCUT2D eigenvalue weighted by atomic mass is 9.79. The monoisotopic (exact) mass is 363 g/mol. The van der Waals surface area contributed by atoms with Crippen LogP contribution in [-0.2, 0) is 19.3 Å². The van der Waals surface area contributed by atoms with Gasteiger partial charge >= 0.3 is 0 Å². The topological polar surface area (TPSA) is 35.2 Å². The quantitative estimate of drug-likeness (QED) is 0.778. The molecule has 2 aromatic carbocycles. The van der Waals surface area contributed by atoms with Gasteiger partial charge in [-0.05, 0) is 104 Å². The van der Waals surface area contributed by atoms with Gasteiger partial charge in [-0.2, -0.15) is 0 Å². The highest BCUT2D eigenvalue weighted by molar-refractivity contribution is 5.38. The maximum absolute atomic E-state index is 6.12. The minimum absolute atomic E-state index is 0.411. The van der Waals surface area contributed by atoms with Crippen LogP contribution in [-0.4, -0.2) is 13.2 Å². The molecule has 0 amide bonds. The second kappa shape index (κ2) is 8.06. The fraction of sp³-hybridized carbons (Fsp3) is 0.520. The van der Waals surface area contributed by atoms with Gasteiger partial charge in [0.2, 0.25) is 0 Å². The molecule has 0 heterocycles. The fourth-order valence-corrected chi connectivity index (χ4v) is 5.09. The second-order valence-electron chi connectivity index (χ2n) is 8.76. The lowest BCUT2D eigenvalue weighted by Gasteiger charge is -2.26. The molecule has 27 heavy (non-hydrogen) atoms. The molecule has 0 aromatic heterocycles. The first-order chi connectivity index (χ1) is 13.1. The predicted octanol–water partition coefficient (Wildman–Crippen LogP) is 5.34. The van der Waals surface area contributed by atoms with Gasteiger partial charge in [-0.3, -0.25) is 0 Å². The number of ether oxygens (including phenoxy) is 1. The largest absolute Gasteiger partial charge is 0.496 e. The van der Waals surface area contributed by atoms with Crippen molar-refractivity contribution in [3.05, 3.63) is 64.2 Å². The molecule has 0 saturated heterocycles. The SMILES string of the molecule is COc1cc(C)ccc1CCC1CCc2cc(C3CCC(N)C3)ccc2C1. The maximum atomic E-state index is 6.12. The van der Waals surface area contributed by atoms with E-state index in [9.17, 15) is 0 Å². The smallest absolute Gasteiger partial charge is 0.122 e. The van der Waals surface area contributed by atoms with Crippen LogP contribution in [0.2, 0.25) is 0 Å². The van der Waals surface area contributed by atoms with Crippen LogP contribution in [0.4, 0.5) is 0 Å². The third-order valence-corrected chi connectivity index (χ3v) is 6.77. The van der Waals surface area contributed by atoms with Gasteiger partial charge in [0.25, 0.3) is 0 Å². The molecule has 0 aliphatic heterocycles. The van der Waals surface area contributed by atoms with Gasteiger partial charge in [-0.1, -0.05) is 30.3 Å². The van der Waals surface area contributed by atoms with Crippen molar-refractivity contribution in [3.63, 3.8) is 0 Å². The Balaban J connectivity index is 1.39. The summed E-state index contributed by atoms with van der Waals surface area (Å²) in [5, 5.41) is 0. The highest BCUT2D eigenvalue weighted by Crippen LogP contribution is 2.37. The average molecular weight is 364 g/mol. The van der Waals surface area contributed by atoms with Crippen molar-refractivity contribution in [2.75, 3.05) is 7.11 Å². The molecule has 2 aliphatic carbocycles. The summed E-state index contributed by atoms with van der Waals surface area (Å²) in [7, 11) is 1.78. The highest BCUT2D eigenvalue weighted by atomic mass is 16.5. The first-order valence-corrected chi connectivity index (χ1v) is 10.6. The van der Waals surface area contributed by atoms with E-state index in [1.807, 2.05) is 0 Å². The number of benzene rings is 2. The van der Waals surface area contributed by atoms with Crippen LogP contribution >= 0.6 is 0 Å². The summed E-state index contributed by atoms with van der Waals surface area (Å²) in [6, 6.07) is 14.3. The normalized spacial score (nSPS) is 24.6. The van der Waals surface area contributed by atoms with Gasteiger partial charge in [-0.25, -0.2) is 0 Å². The Morgan fingerprint density at radius 2 is 1.93 bits per heavy atom. The van der Waals surface area contributed by atoms with Gasteiger partial charge in [0.1, 0.15) is 5.75 Å². The standard InChI is InChI=1S/C25H33NO/c1-17-3-6-19(25(13-17)27-2)7-4-18-5-8-21-15-22(10-9-20(21)14-18)23-11-12-24(26)16-23/h3,6,9-10,13,15,18,23-24H,4-5,7-8,11-12,14,16,26H2,1-2H3. The summed E-state index contributed by atoms with van der Waals surface area (Å²) in [6.07, 6.45) is 9.76. The Hall–Kier alpha value is -1.80. The second-order valence-corrected chi connectivity index (χ2v) is 8.76. The van der Waals surface area contributed by atoms with Crippen LogP contribution in [0.15, 0.2) is 36.4 Å². The molecule has 2 aliphatic rings. The fourth-order valence-electron chi connectivity index (χ4n) is 5.09. The Kier molecular flexibility index (Phi) is 5.54.